The third-order valence-corrected chi connectivity index (χ3v) is 4.51. The van der Waals surface area contributed by atoms with Gasteiger partial charge in [-0.3, -0.25) is 0 Å². The van der Waals surface area contributed by atoms with Crippen molar-refractivity contribution in [2.75, 3.05) is 32.8 Å². The molecule has 1 saturated carbocycles. The second-order valence-electron chi connectivity index (χ2n) is 6.51. The lowest BCUT2D eigenvalue weighted by molar-refractivity contribution is 0.160. The number of rotatable bonds is 8. The summed E-state index contributed by atoms with van der Waals surface area (Å²) in [4.78, 5) is 2.62. The molecule has 1 N–H and O–H groups in total. The minimum absolute atomic E-state index is 0.825. The molecule has 3 nitrogen and oxygen atoms in total. The van der Waals surface area contributed by atoms with E-state index in [0.29, 0.717) is 0 Å². The maximum atomic E-state index is 5.77. The number of hydrogen-bond acceptors (Lipinski definition) is 3. The Labute approximate surface area is 128 Å². The number of hydrogen-bond donors (Lipinski definition) is 1. The number of ether oxygens (including phenoxy) is 1. The van der Waals surface area contributed by atoms with E-state index in [2.05, 4.69) is 10.2 Å². The predicted octanol–water partition coefficient (Wildman–Crippen LogP) is 2.92. The van der Waals surface area contributed by atoms with Gasteiger partial charge in [0.15, 0.2) is 0 Å². The summed E-state index contributed by atoms with van der Waals surface area (Å²) < 4.78 is 5.77. The lowest BCUT2D eigenvalue weighted by Gasteiger charge is -2.32. The van der Waals surface area contributed by atoms with Crippen molar-refractivity contribution in [2.45, 2.75) is 38.1 Å². The van der Waals surface area contributed by atoms with Gasteiger partial charge in [-0.05, 0) is 63.2 Å². The molecule has 21 heavy (non-hydrogen) atoms. The first-order valence-electron chi connectivity index (χ1n) is 8.54. The molecule has 1 aromatic rings. The van der Waals surface area contributed by atoms with Crippen LogP contribution in [0, 0.1) is 5.92 Å². The lowest BCUT2D eigenvalue weighted by atomic mass is 9.98. The van der Waals surface area contributed by atoms with Crippen molar-refractivity contribution in [3.63, 3.8) is 0 Å². The molecule has 1 aliphatic carbocycles. The summed E-state index contributed by atoms with van der Waals surface area (Å²) in [6, 6.07) is 11.0. The van der Waals surface area contributed by atoms with Crippen molar-refractivity contribution in [3.05, 3.63) is 30.3 Å². The Hall–Kier alpha value is -1.06. The summed E-state index contributed by atoms with van der Waals surface area (Å²) in [5.74, 6) is 1.84. The lowest BCUT2D eigenvalue weighted by Crippen LogP contribution is -2.40. The van der Waals surface area contributed by atoms with Crippen LogP contribution in [0.5, 0.6) is 5.75 Å². The highest BCUT2D eigenvalue weighted by molar-refractivity contribution is 5.20. The molecule has 0 aromatic heterocycles. The Bertz CT molecular complexity index is 405. The summed E-state index contributed by atoms with van der Waals surface area (Å²) in [6.45, 7) is 5.76. The molecular formula is C18H28N2O. The minimum atomic E-state index is 0.825. The van der Waals surface area contributed by atoms with Gasteiger partial charge < -0.3 is 15.0 Å². The average molecular weight is 288 g/mol. The van der Waals surface area contributed by atoms with E-state index in [9.17, 15) is 0 Å². The Balaban J connectivity index is 1.29. The van der Waals surface area contributed by atoms with Crippen LogP contribution in [0.25, 0.3) is 0 Å². The van der Waals surface area contributed by atoms with E-state index in [1.54, 1.807) is 0 Å². The van der Waals surface area contributed by atoms with E-state index in [4.69, 9.17) is 4.74 Å². The zero-order valence-electron chi connectivity index (χ0n) is 13.0. The highest BCUT2D eigenvalue weighted by Crippen LogP contribution is 2.21. The van der Waals surface area contributed by atoms with E-state index in [0.717, 1.165) is 30.7 Å². The van der Waals surface area contributed by atoms with E-state index < -0.39 is 0 Å². The molecule has 2 aliphatic rings. The first-order chi connectivity index (χ1) is 10.4. The molecule has 2 fully saturated rings. The normalized spacial score (nSPS) is 23.1. The smallest absolute Gasteiger partial charge is 0.119 e. The number of likely N-dealkylation sites (tertiary alicyclic amines) is 1. The zero-order chi connectivity index (χ0) is 14.3. The fraction of sp³-hybridized carbons (Fsp3) is 0.667. The van der Waals surface area contributed by atoms with E-state index in [1.165, 1.54) is 51.9 Å². The quantitative estimate of drug-likeness (QED) is 0.744. The highest BCUT2D eigenvalue weighted by atomic mass is 16.5. The molecule has 1 aromatic carbocycles. The summed E-state index contributed by atoms with van der Waals surface area (Å²) >= 11 is 0. The van der Waals surface area contributed by atoms with Gasteiger partial charge in [-0.25, -0.2) is 0 Å². The van der Waals surface area contributed by atoms with Gasteiger partial charge in [0.05, 0.1) is 6.61 Å². The van der Waals surface area contributed by atoms with Crippen molar-refractivity contribution in [1.82, 2.24) is 10.2 Å². The summed E-state index contributed by atoms with van der Waals surface area (Å²) in [6.07, 6.45) is 6.67. The van der Waals surface area contributed by atoms with Crippen molar-refractivity contribution >= 4 is 0 Å². The Morgan fingerprint density at radius 2 is 2.00 bits per heavy atom. The monoisotopic (exact) mass is 288 g/mol. The van der Waals surface area contributed by atoms with Crippen LogP contribution in [0.3, 0.4) is 0 Å². The first-order valence-corrected chi connectivity index (χ1v) is 8.54. The number of benzene rings is 1. The van der Waals surface area contributed by atoms with Crippen molar-refractivity contribution < 1.29 is 4.74 Å². The van der Waals surface area contributed by atoms with Gasteiger partial charge in [-0.2, -0.15) is 0 Å². The summed E-state index contributed by atoms with van der Waals surface area (Å²) in [7, 11) is 0. The molecule has 0 spiro atoms. The van der Waals surface area contributed by atoms with Crippen LogP contribution in [0.2, 0.25) is 0 Å². The standard InChI is InChI=1S/C18H28N2O/c1-2-7-18(8-3-1)21-13-5-12-20-11-4-6-16(15-20)14-19-17-9-10-17/h1-3,7-8,16-17,19H,4-6,9-15H2. The number of nitrogens with one attached hydrogen (secondary N) is 1. The molecule has 0 radical (unpaired) electrons. The van der Waals surface area contributed by atoms with Gasteiger partial charge in [0.1, 0.15) is 5.75 Å². The van der Waals surface area contributed by atoms with E-state index >= 15 is 0 Å². The van der Waals surface area contributed by atoms with Crippen LogP contribution in [-0.2, 0) is 0 Å². The highest BCUT2D eigenvalue weighted by Gasteiger charge is 2.24. The Kier molecular flexibility index (Phi) is 5.53. The minimum Gasteiger partial charge on any atom is -0.494 e. The third kappa shape index (κ3) is 5.33. The maximum absolute atomic E-state index is 5.77. The van der Waals surface area contributed by atoms with Crippen LogP contribution >= 0.6 is 0 Å². The maximum Gasteiger partial charge on any atom is 0.119 e. The van der Waals surface area contributed by atoms with Crippen LogP contribution < -0.4 is 10.1 Å². The van der Waals surface area contributed by atoms with Crippen molar-refractivity contribution in [1.29, 1.82) is 0 Å². The second-order valence-corrected chi connectivity index (χ2v) is 6.51. The molecular weight excluding hydrogens is 260 g/mol. The topological polar surface area (TPSA) is 24.5 Å². The molecule has 1 saturated heterocycles. The molecule has 1 aliphatic heterocycles. The molecule has 1 heterocycles. The Morgan fingerprint density at radius 1 is 1.14 bits per heavy atom. The molecule has 3 heteroatoms. The van der Waals surface area contributed by atoms with Gasteiger partial charge in [-0.1, -0.05) is 18.2 Å². The van der Waals surface area contributed by atoms with Crippen LogP contribution in [0.4, 0.5) is 0 Å². The first kappa shape index (κ1) is 14.9. The third-order valence-electron chi connectivity index (χ3n) is 4.51. The summed E-state index contributed by atoms with van der Waals surface area (Å²) in [5.41, 5.74) is 0. The number of piperidine rings is 1. The zero-order valence-corrected chi connectivity index (χ0v) is 13.0. The van der Waals surface area contributed by atoms with Crippen molar-refractivity contribution in [2.24, 2.45) is 5.92 Å². The average Bonchev–Trinajstić information content (AvgIpc) is 3.35. The molecule has 0 amide bonds. The number of nitrogens with zero attached hydrogens (tertiary/aromatic N) is 1. The van der Waals surface area contributed by atoms with Crippen LogP contribution in [-0.4, -0.2) is 43.7 Å². The van der Waals surface area contributed by atoms with Gasteiger partial charge in [0.2, 0.25) is 0 Å². The molecule has 1 atom stereocenters. The van der Waals surface area contributed by atoms with Crippen LogP contribution in [0.1, 0.15) is 32.1 Å². The predicted molar refractivity (Wildman–Crippen MR) is 86.7 cm³/mol. The molecule has 1 unspecified atom stereocenters. The van der Waals surface area contributed by atoms with E-state index in [1.807, 2.05) is 30.3 Å². The van der Waals surface area contributed by atoms with Gasteiger partial charge in [-0.15, -0.1) is 0 Å². The SMILES string of the molecule is c1ccc(OCCCN2CCCC(CNC3CC3)C2)cc1. The molecule has 3 rings (SSSR count). The van der Waals surface area contributed by atoms with Gasteiger partial charge >= 0.3 is 0 Å². The number of para-hydroxylation sites is 1. The van der Waals surface area contributed by atoms with Gasteiger partial charge in [0, 0.05) is 19.1 Å². The molecule has 0 bridgehead atoms. The van der Waals surface area contributed by atoms with E-state index in [-0.39, 0.29) is 0 Å². The summed E-state index contributed by atoms with van der Waals surface area (Å²) in [5, 5.41) is 3.68. The fourth-order valence-corrected chi connectivity index (χ4v) is 3.14. The fourth-order valence-electron chi connectivity index (χ4n) is 3.14. The van der Waals surface area contributed by atoms with Crippen LogP contribution in [0.15, 0.2) is 30.3 Å². The van der Waals surface area contributed by atoms with Crippen molar-refractivity contribution in [3.8, 4) is 5.75 Å². The van der Waals surface area contributed by atoms with Gasteiger partial charge in [0.25, 0.3) is 0 Å². The molecule has 116 valence electrons. The largest absolute Gasteiger partial charge is 0.494 e. The second kappa shape index (κ2) is 7.81. The Morgan fingerprint density at radius 3 is 2.81 bits per heavy atom.